The van der Waals surface area contributed by atoms with E-state index < -0.39 is 0 Å². The van der Waals surface area contributed by atoms with Crippen molar-refractivity contribution in [3.63, 3.8) is 0 Å². The lowest BCUT2D eigenvalue weighted by Crippen LogP contribution is -2.26. The number of imidazole rings is 1. The fraction of sp³-hybridized carbons (Fsp3) is 0.345. The molecule has 1 amide bonds. The molecule has 2 heterocycles. The van der Waals surface area contributed by atoms with Crippen molar-refractivity contribution in [3.8, 4) is 17.2 Å². The van der Waals surface area contributed by atoms with Crippen molar-refractivity contribution >= 4 is 17.1 Å². The largest absolute Gasteiger partial charge is 0.497 e. The minimum absolute atomic E-state index is 0.00743. The van der Waals surface area contributed by atoms with Crippen LogP contribution in [-0.4, -0.2) is 47.3 Å². The Morgan fingerprint density at radius 2 is 1.70 bits per heavy atom. The number of benzene rings is 2. The molecule has 0 unspecified atom stereocenters. The summed E-state index contributed by atoms with van der Waals surface area (Å²) < 4.78 is 18.7. The van der Waals surface area contributed by atoms with E-state index in [0.29, 0.717) is 45.6 Å². The van der Waals surface area contributed by atoms with E-state index in [-0.39, 0.29) is 5.91 Å². The molecule has 2 aromatic carbocycles. The molecule has 1 N–H and O–H groups in total. The van der Waals surface area contributed by atoms with E-state index in [1.165, 1.54) is 0 Å². The van der Waals surface area contributed by atoms with E-state index in [9.17, 15) is 4.79 Å². The molecule has 4 aromatic rings. The average molecular weight is 503 g/mol. The normalized spacial score (nSPS) is 10.9. The molecular weight excluding hydrogens is 468 g/mol. The Morgan fingerprint density at radius 1 is 0.946 bits per heavy atom. The van der Waals surface area contributed by atoms with Crippen molar-refractivity contribution in [1.82, 2.24) is 19.9 Å². The Balaban J connectivity index is 1.36. The first-order valence-corrected chi connectivity index (χ1v) is 12.7. The summed E-state index contributed by atoms with van der Waals surface area (Å²) in [5.41, 5.74) is 3.83. The van der Waals surface area contributed by atoms with Gasteiger partial charge in [0.2, 0.25) is 5.91 Å². The lowest BCUT2D eigenvalue weighted by atomic mass is 10.1. The van der Waals surface area contributed by atoms with Crippen molar-refractivity contribution in [1.29, 1.82) is 0 Å². The van der Waals surface area contributed by atoms with Crippen LogP contribution in [0, 0.1) is 0 Å². The number of methoxy groups -OCH3 is 1. The van der Waals surface area contributed by atoms with E-state index in [0.717, 1.165) is 45.4 Å². The summed E-state index contributed by atoms with van der Waals surface area (Å²) in [7, 11) is 1.65. The van der Waals surface area contributed by atoms with Gasteiger partial charge in [0.25, 0.3) is 0 Å². The molecule has 0 aliphatic carbocycles. The SMILES string of the molecule is CCOc1ccc(CCNC(=O)CCc2nc3cccnc3n2Cc2ccc(OC)cc2)cc1OCC. The summed E-state index contributed by atoms with van der Waals surface area (Å²) in [4.78, 5) is 21.9. The number of hydrogen-bond donors (Lipinski definition) is 1. The maximum absolute atomic E-state index is 12.6. The second kappa shape index (κ2) is 12.8. The predicted octanol–water partition coefficient (Wildman–Crippen LogP) is 4.58. The number of rotatable bonds is 13. The Bertz CT molecular complexity index is 1320. The Hall–Kier alpha value is -4.07. The number of fused-ring (bicyclic) bond motifs is 1. The third-order valence-corrected chi connectivity index (χ3v) is 6.00. The van der Waals surface area contributed by atoms with Gasteiger partial charge in [0.15, 0.2) is 17.1 Å². The van der Waals surface area contributed by atoms with Gasteiger partial charge < -0.3 is 24.1 Å². The van der Waals surface area contributed by atoms with Crippen LogP contribution in [0.15, 0.2) is 60.8 Å². The highest BCUT2D eigenvalue weighted by Crippen LogP contribution is 2.28. The summed E-state index contributed by atoms with van der Waals surface area (Å²) in [5.74, 6) is 3.12. The smallest absolute Gasteiger partial charge is 0.220 e. The second-order valence-electron chi connectivity index (χ2n) is 8.56. The minimum atomic E-state index is -0.00743. The zero-order valence-corrected chi connectivity index (χ0v) is 21.7. The van der Waals surface area contributed by atoms with Crippen molar-refractivity contribution in [3.05, 3.63) is 77.7 Å². The molecule has 2 aromatic heterocycles. The van der Waals surface area contributed by atoms with Gasteiger partial charge in [-0.3, -0.25) is 4.79 Å². The fourth-order valence-electron chi connectivity index (χ4n) is 4.19. The van der Waals surface area contributed by atoms with Crippen molar-refractivity contribution in [2.75, 3.05) is 26.9 Å². The van der Waals surface area contributed by atoms with E-state index in [2.05, 4.69) is 14.9 Å². The van der Waals surface area contributed by atoms with Gasteiger partial charge in [0.05, 0.1) is 26.9 Å². The van der Waals surface area contributed by atoms with Gasteiger partial charge in [-0.2, -0.15) is 0 Å². The summed E-state index contributed by atoms with van der Waals surface area (Å²) in [6, 6.07) is 17.7. The maximum Gasteiger partial charge on any atom is 0.220 e. The van der Waals surface area contributed by atoms with E-state index in [1.807, 2.05) is 68.4 Å². The first kappa shape index (κ1) is 26.0. The van der Waals surface area contributed by atoms with Crippen LogP contribution in [-0.2, 0) is 24.2 Å². The Kier molecular flexibility index (Phi) is 8.97. The number of amides is 1. The van der Waals surface area contributed by atoms with Gasteiger partial charge in [-0.25, -0.2) is 9.97 Å². The number of aromatic nitrogens is 3. The molecule has 0 fully saturated rings. The Morgan fingerprint density at radius 3 is 2.46 bits per heavy atom. The van der Waals surface area contributed by atoms with Crippen LogP contribution in [0.1, 0.15) is 37.2 Å². The first-order chi connectivity index (χ1) is 18.1. The molecule has 0 saturated carbocycles. The van der Waals surface area contributed by atoms with Crippen molar-refractivity contribution in [2.45, 2.75) is 39.7 Å². The zero-order valence-electron chi connectivity index (χ0n) is 21.7. The molecule has 0 atom stereocenters. The summed E-state index contributed by atoms with van der Waals surface area (Å²) >= 11 is 0. The number of nitrogens with zero attached hydrogens (tertiary/aromatic N) is 3. The van der Waals surface area contributed by atoms with Gasteiger partial charge in [-0.1, -0.05) is 18.2 Å². The van der Waals surface area contributed by atoms with Crippen LogP contribution in [0.25, 0.3) is 11.2 Å². The maximum atomic E-state index is 12.6. The van der Waals surface area contributed by atoms with E-state index in [4.69, 9.17) is 19.2 Å². The molecule has 4 rings (SSSR count). The fourth-order valence-corrected chi connectivity index (χ4v) is 4.19. The monoisotopic (exact) mass is 502 g/mol. The van der Waals surface area contributed by atoms with Crippen LogP contribution in [0.5, 0.6) is 17.2 Å². The third-order valence-electron chi connectivity index (χ3n) is 6.00. The molecule has 194 valence electrons. The zero-order chi connectivity index (χ0) is 26.0. The van der Waals surface area contributed by atoms with Crippen LogP contribution >= 0.6 is 0 Å². The third kappa shape index (κ3) is 6.78. The molecule has 0 saturated heterocycles. The van der Waals surface area contributed by atoms with Gasteiger partial charge in [0, 0.05) is 25.6 Å². The topological polar surface area (TPSA) is 87.5 Å². The molecule has 0 spiro atoms. The standard InChI is InChI=1S/C29H34N4O4/c1-4-36-25-13-10-21(19-26(25)37-5-2)16-18-30-28(34)15-14-27-32-24-7-6-17-31-29(24)33(27)20-22-8-11-23(35-3)12-9-22/h6-13,17,19H,4-5,14-16,18,20H2,1-3H3,(H,30,34). The van der Waals surface area contributed by atoms with Gasteiger partial charge in [0.1, 0.15) is 17.1 Å². The number of pyridine rings is 1. The molecule has 0 bridgehead atoms. The van der Waals surface area contributed by atoms with E-state index >= 15 is 0 Å². The number of nitrogens with one attached hydrogen (secondary N) is 1. The second-order valence-corrected chi connectivity index (χ2v) is 8.56. The summed E-state index contributed by atoms with van der Waals surface area (Å²) in [6.45, 7) is 6.21. The summed E-state index contributed by atoms with van der Waals surface area (Å²) in [6.07, 6.45) is 3.34. The van der Waals surface area contributed by atoms with Crippen molar-refractivity contribution < 1.29 is 19.0 Å². The number of aryl methyl sites for hydroxylation is 1. The highest BCUT2D eigenvalue weighted by Gasteiger charge is 2.14. The van der Waals surface area contributed by atoms with E-state index in [1.54, 1.807) is 13.3 Å². The van der Waals surface area contributed by atoms with Crippen LogP contribution < -0.4 is 19.5 Å². The van der Waals surface area contributed by atoms with Gasteiger partial charge in [-0.15, -0.1) is 0 Å². The minimum Gasteiger partial charge on any atom is -0.497 e. The van der Waals surface area contributed by atoms with Gasteiger partial charge in [-0.05, 0) is 67.8 Å². The van der Waals surface area contributed by atoms with Crippen LogP contribution in [0.3, 0.4) is 0 Å². The molecule has 0 radical (unpaired) electrons. The predicted molar refractivity (Wildman–Crippen MR) is 143 cm³/mol. The van der Waals surface area contributed by atoms with Crippen molar-refractivity contribution in [2.24, 2.45) is 0 Å². The quantitative estimate of drug-likeness (QED) is 0.288. The molecular formula is C29H34N4O4. The number of ether oxygens (including phenoxy) is 3. The molecule has 0 aliphatic heterocycles. The number of carbonyl (C=O) groups is 1. The number of carbonyl (C=O) groups excluding carboxylic acids is 1. The molecule has 37 heavy (non-hydrogen) atoms. The van der Waals surface area contributed by atoms with Crippen LogP contribution in [0.2, 0.25) is 0 Å². The molecule has 8 nitrogen and oxygen atoms in total. The Labute approximate surface area is 217 Å². The van der Waals surface area contributed by atoms with Gasteiger partial charge >= 0.3 is 0 Å². The number of hydrogen-bond acceptors (Lipinski definition) is 6. The first-order valence-electron chi connectivity index (χ1n) is 12.7. The lowest BCUT2D eigenvalue weighted by molar-refractivity contribution is -0.121. The molecule has 8 heteroatoms. The average Bonchev–Trinajstić information content (AvgIpc) is 3.26. The highest BCUT2D eigenvalue weighted by atomic mass is 16.5. The lowest BCUT2D eigenvalue weighted by Gasteiger charge is -2.13. The summed E-state index contributed by atoms with van der Waals surface area (Å²) in [5, 5.41) is 3.03. The highest BCUT2D eigenvalue weighted by molar-refractivity contribution is 5.76. The van der Waals surface area contributed by atoms with Crippen LogP contribution in [0.4, 0.5) is 0 Å². The molecule has 0 aliphatic rings.